The van der Waals surface area contributed by atoms with Crippen molar-refractivity contribution in [2.45, 2.75) is 26.2 Å². The molecule has 0 saturated heterocycles. The van der Waals surface area contributed by atoms with Gasteiger partial charge >= 0.3 is 0 Å². The zero-order chi connectivity index (χ0) is 17.6. The number of fused-ring (bicyclic) bond motifs is 1. The number of hydrogen-bond donors (Lipinski definition) is 1. The van der Waals surface area contributed by atoms with Gasteiger partial charge in [-0.3, -0.25) is 4.79 Å². The minimum absolute atomic E-state index is 0.0133. The number of hydrogen-bond acceptors (Lipinski definition) is 4. The molecule has 3 rings (SSSR count). The van der Waals surface area contributed by atoms with Crippen LogP contribution in [0.5, 0.6) is 0 Å². The summed E-state index contributed by atoms with van der Waals surface area (Å²) in [7, 11) is 0. The number of H-pyrrole nitrogens is 1. The van der Waals surface area contributed by atoms with Gasteiger partial charge in [0.1, 0.15) is 5.65 Å². The Labute approximate surface area is 150 Å². The molecular formula is C19H20N4OS. The van der Waals surface area contributed by atoms with Crippen LogP contribution < -0.4 is 0 Å². The van der Waals surface area contributed by atoms with Crippen molar-refractivity contribution in [2.75, 3.05) is 13.1 Å². The Morgan fingerprint density at radius 1 is 1.32 bits per heavy atom. The van der Waals surface area contributed by atoms with Crippen molar-refractivity contribution in [3.63, 3.8) is 0 Å². The summed E-state index contributed by atoms with van der Waals surface area (Å²) in [5.74, 6) is 0.0133. The van der Waals surface area contributed by atoms with Crippen LogP contribution in [0.25, 0.3) is 21.5 Å². The van der Waals surface area contributed by atoms with Crippen molar-refractivity contribution < 1.29 is 4.79 Å². The number of pyridine rings is 1. The number of amides is 1. The number of nitrogens with zero attached hydrogens (tertiary/aromatic N) is 3. The van der Waals surface area contributed by atoms with Crippen LogP contribution in [0.3, 0.4) is 0 Å². The first kappa shape index (κ1) is 17.2. The standard InChI is InChI=1S/C19H20N4OS/c1-2-3-12-23(13-4-9-20)19(24)17-6-5-16(25-17)14-7-10-21-18-15(14)8-11-22-18/h5-8,10-11H,2-4,12-13H2,1H3,(H,21,22). The average Bonchev–Trinajstić information content (AvgIpc) is 3.30. The number of aromatic amines is 1. The lowest BCUT2D eigenvalue weighted by atomic mass is 10.1. The second kappa shape index (κ2) is 7.95. The Balaban J connectivity index is 1.85. The molecule has 6 heteroatoms. The summed E-state index contributed by atoms with van der Waals surface area (Å²) in [4.78, 5) is 23.8. The summed E-state index contributed by atoms with van der Waals surface area (Å²) in [5, 5.41) is 9.88. The van der Waals surface area contributed by atoms with Crippen molar-refractivity contribution in [3.05, 3.63) is 41.5 Å². The van der Waals surface area contributed by atoms with Crippen LogP contribution in [0.2, 0.25) is 0 Å². The molecule has 0 aliphatic carbocycles. The maximum absolute atomic E-state index is 12.8. The van der Waals surface area contributed by atoms with Crippen molar-refractivity contribution in [2.24, 2.45) is 0 Å². The zero-order valence-corrected chi connectivity index (χ0v) is 15.0. The number of thiophene rings is 1. The molecule has 0 spiro atoms. The predicted molar refractivity (Wildman–Crippen MR) is 100 cm³/mol. The fourth-order valence-electron chi connectivity index (χ4n) is 2.78. The molecule has 1 N–H and O–H groups in total. The molecule has 128 valence electrons. The topological polar surface area (TPSA) is 72.8 Å². The van der Waals surface area contributed by atoms with Crippen LogP contribution in [0.4, 0.5) is 0 Å². The highest BCUT2D eigenvalue weighted by Crippen LogP contribution is 2.33. The normalized spacial score (nSPS) is 10.7. The molecule has 25 heavy (non-hydrogen) atoms. The van der Waals surface area contributed by atoms with E-state index < -0.39 is 0 Å². The Morgan fingerprint density at radius 3 is 3.00 bits per heavy atom. The smallest absolute Gasteiger partial charge is 0.263 e. The lowest BCUT2D eigenvalue weighted by Crippen LogP contribution is -2.32. The maximum Gasteiger partial charge on any atom is 0.263 e. The third-order valence-corrected chi connectivity index (χ3v) is 5.21. The number of nitrogens with one attached hydrogen (secondary N) is 1. The van der Waals surface area contributed by atoms with Crippen LogP contribution in [-0.4, -0.2) is 33.9 Å². The molecule has 3 aromatic heterocycles. The quantitative estimate of drug-likeness (QED) is 0.683. The first-order valence-corrected chi connectivity index (χ1v) is 9.24. The molecule has 0 saturated carbocycles. The van der Waals surface area contributed by atoms with Crippen LogP contribution in [0.15, 0.2) is 36.7 Å². The second-order valence-corrected chi connectivity index (χ2v) is 6.90. The van der Waals surface area contributed by atoms with E-state index in [4.69, 9.17) is 5.26 Å². The van der Waals surface area contributed by atoms with Crippen LogP contribution >= 0.6 is 11.3 Å². The number of unbranched alkanes of at least 4 members (excludes halogenated alkanes) is 1. The van der Waals surface area contributed by atoms with Crippen molar-refractivity contribution in [1.82, 2.24) is 14.9 Å². The van der Waals surface area contributed by atoms with E-state index >= 15 is 0 Å². The van der Waals surface area contributed by atoms with Crippen molar-refractivity contribution in [1.29, 1.82) is 5.26 Å². The molecule has 0 atom stereocenters. The minimum atomic E-state index is 0.0133. The van der Waals surface area contributed by atoms with Gasteiger partial charge < -0.3 is 9.88 Å². The van der Waals surface area contributed by atoms with Gasteiger partial charge in [-0.1, -0.05) is 13.3 Å². The fourth-order valence-corrected chi connectivity index (χ4v) is 3.79. The summed E-state index contributed by atoms with van der Waals surface area (Å²) in [6, 6.07) is 9.97. The van der Waals surface area contributed by atoms with Gasteiger partial charge in [-0.15, -0.1) is 11.3 Å². The van der Waals surface area contributed by atoms with Gasteiger partial charge in [0.2, 0.25) is 0 Å². The molecule has 3 aromatic rings. The van der Waals surface area contributed by atoms with Crippen molar-refractivity contribution >= 4 is 28.3 Å². The minimum Gasteiger partial charge on any atom is -0.346 e. The molecule has 0 aliphatic heterocycles. The number of nitriles is 1. The summed E-state index contributed by atoms with van der Waals surface area (Å²) < 4.78 is 0. The second-order valence-electron chi connectivity index (χ2n) is 5.82. The molecule has 1 amide bonds. The van der Waals surface area contributed by atoms with E-state index in [2.05, 4.69) is 23.0 Å². The summed E-state index contributed by atoms with van der Waals surface area (Å²) in [6.45, 7) is 3.28. The van der Waals surface area contributed by atoms with E-state index in [0.29, 0.717) is 24.4 Å². The van der Waals surface area contributed by atoms with Gasteiger partial charge in [-0.2, -0.15) is 5.26 Å². The van der Waals surface area contributed by atoms with Gasteiger partial charge in [0.15, 0.2) is 0 Å². The van der Waals surface area contributed by atoms with Crippen LogP contribution in [0, 0.1) is 11.3 Å². The van der Waals surface area contributed by atoms with E-state index in [9.17, 15) is 4.79 Å². The molecule has 0 unspecified atom stereocenters. The highest BCUT2D eigenvalue weighted by atomic mass is 32.1. The number of carbonyl (C=O) groups is 1. The highest BCUT2D eigenvalue weighted by Gasteiger charge is 2.18. The SMILES string of the molecule is CCCCN(CCC#N)C(=O)c1ccc(-c2ccnc3[nH]ccc23)s1. The first-order valence-electron chi connectivity index (χ1n) is 8.43. The Kier molecular flexibility index (Phi) is 5.46. The van der Waals surface area contributed by atoms with E-state index in [1.165, 1.54) is 11.3 Å². The molecule has 0 bridgehead atoms. The Bertz CT molecular complexity index is 905. The monoisotopic (exact) mass is 352 g/mol. The highest BCUT2D eigenvalue weighted by molar-refractivity contribution is 7.17. The van der Waals surface area contributed by atoms with Gasteiger partial charge in [-0.25, -0.2) is 4.98 Å². The largest absolute Gasteiger partial charge is 0.346 e. The molecule has 0 radical (unpaired) electrons. The average molecular weight is 352 g/mol. The fraction of sp³-hybridized carbons (Fsp3) is 0.316. The van der Waals surface area contributed by atoms with Gasteiger partial charge in [-0.05, 0) is 30.7 Å². The molecule has 3 heterocycles. The lowest BCUT2D eigenvalue weighted by Gasteiger charge is -2.20. The predicted octanol–water partition coefficient (Wildman–Crippen LogP) is 4.45. The van der Waals surface area contributed by atoms with Crippen molar-refractivity contribution in [3.8, 4) is 16.5 Å². The zero-order valence-electron chi connectivity index (χ0n) is 14.2. The van der Waals surface area contributed by atoms with E-state index in [1.807, 2.05) is 30.5 Å². The number of carbonyl (C=O) groups excluding carboxylic acids is 1. The molecule has 5 nitrogen and oxygen atoms in total. The summed E-state index contributed by atoms with van der Waals surface area (Å²) in [5.41, 5.74) is 1.92. The summed E-state index contributed by atoms with van der Waals surface area (Å²) in [6.07, 6.45) is 5.98. The van der Waals surface area contributed by atoms with E-state index in [1.54, 1.807) is 11.1 Å². The van der Waals surface area contributed by atoms with Gasteiger partial charge in [0.25, 0.3) is 5.91 Å². The van der Waals surface area contributed by atoms with Gasteiger partial charge in [0.05, 0.1) is 17.4 Å². The maximum atomic E-state index is 12.8. The molecule has 0 aromatic carbocycles. The summed E-state index contributed by atoms with van der Waals surface area (Å²) >= 11 is 1.49. The third-order valence-electron chi connectivity index (χ3n) is 4.10. The van der Waals surface area contributed by atoms with Crippen LogP contribution in [0.1, 0.15) is 35.9 Å². The van der Waals surface area contributed by atoms with E-state index in [-0.39, 0.29) is 5.91 Å². The molecular weight excluding hydrogens is 332 g/mol. The first-order chi connectivity index (χ1) is 12.2. The number of rotatable bonds is 7. The Hall–Kier alpha value is -2.65. The van der Waals surface area contributed by atoms with E-state index in [0.717, 1.165) is 34.3 Å². The van der Waals surface area contributed by atoms with Gasteiger partial charge in [0, 0.05) is 41.3 Å². The van der Waals surface area contributed by atoms with Crippen LogP contribution in [-0.2, 0) is 0 Å². The molecule has 0 fully saturated rings. The Morgan fingerprint density at radius 2 is 2.20 bits per heavy atom. The molecule has 0 aliphatic rings. The number of aromatic nitrogens is 2. The third kappa shape index (κ3) is 3.72. The lowest BCUT2D eigenvalue weighted by molar-refractivity contribution is 0.0761.